The number of nitrogens with one attached hydrogen (secondary N) is 1. The third kappa shape index (κ3) is 6.37. The zero-order valence-electron chi connectivity index (χ0n) is 17.8. The molecule has 0 heterocycles. The Balaban J connectivity index is 1.93. The molecule has 3 aromatic rings. The van der Waals surface area contributed by atoms with E-state index in [-0.39, 0.29) is 27.7 Å². The molecule has 1 N–H and O–H groups in total. The molecule has 0 aliphatic carbocycles. The van der Waals surface area contributed by atoms with Crippen LogP contribution in [-0.2, 0) is 26.1 Å². The van der Waals surface area contributed by atoms with E-state index in [0.717, 1.165) is 4.31 Å². The minimum absolute atomic E-state index is 0.00328. The number of nitrogens with zero attached hydrogens (tertiary/aromatic N) is 1. The van der Waals surface area contributed by atoms with Crippen LogP contribution in [0.1, 0.15) is 15.9 Å². The normalized spacial score (nSPS) is 11.3. The number of hydrogen-bond acceptors (Lipinski definition) is 5. The second-order valence-corrected chi connectivity index (χ2v) is 10.7. The number of rotatable bonds is 8. The van der Waals surface area contributed by atoms with Gasteiger partial charge in [0.25, 0.3) is 0 Å². The van der Waals surface area contributed by atoms with Crippen LogP contribution in [0.5, 0.6) is 0 Å². The van der Waals surface area contributed by atoms with E-state index in [1.807, 2.05) is 0 Å². The van der Waals surface area contributed by atoms with Crippen molar-refractivity contribution < 1.29 is 22.7 Å². The molecule has 3 rings (SSSR count). The molecule has 1 amide bonds. The first kappa shape index (κ1) is 26.2. The third-order valence-electron chi connectivity index (χ3n) is 4.74. The van der Waals surface area contributed by atoms with Gasteiger partial charge in [-0.05, 0) is 54.1 Å². The Labute approximate surface area is 215 Å². The number of benzene rings is 3. The van der Waals surface area contributed by atoms with Crippen LogP contribution in [0.15, 0.2) is 76.1 Å². The van der Waals surface area contributed by atoms with Crippen molar-refractivity contribution >= 4 is 66.7 Å². The molecule has 0 unspecified atom stereocenters. The molecular formula is C23H19BrCl2N2O5S. The smallest absolute Gasteiger partial charge is 0.339 e. The number of amides is 1. The van der Waals surface area contributed by atoms with Gasteiger partial charge >= 0.3 is 5.97 Å². The number of para-hydroxylation sites is 1. The molecule has 7 nitrogen and oxygen atoms in total. The monoisotopic (exact) mass is 584 g/mol. The fraction of sp³-hybridized carbons (Fsp3) is 0.130. The number of methoxy groups -OCH3 is 1. The molecule has 0 spiro atoms. The summed E-state index contributed by atoms with van der Waals surface area (Å²) >= 11 is 15.5. The summed E-state index contributed by atoms with van der Waals surface area (Å²) in [5.74, 6) is -1.29. The fourth-order valence-electron chi connectivity index (χ4n) is 3.05. The lowest BCUT2D eigenvalue weighted by Crippen LogP contribution is -2.37. The Bertz CT molecular complexity index is 1320. The Morgan fingerprint density at radius 2 is 1.71 bits per heavy atom. The van der Waals surface area contributed by atoms with Crippen LogP contribution in [0.2, 0.25) is 10.0 Å². The standard InChI is InChI=1S/C23H19BrCl2N2O5S/c1-33-23(30)19-4-2-3-5-21(19)27-22(29)14-28(13-15-6-9-17(25)12-20(15)26)34(31,32)18-10-7-16(24)8-11-18/h2-12H,13-14H2,1H3,(H,27,29). The van der Waals surface area contributed by atoms with Gasteiger partial charge < -0.3 is 10.1 Å². The van der Waals surface area contributed by atoms with Crippen molar-refractivity contribution in [3.05, 3.63) is 92.4 Å². The predicted molar refractivity (Wildman–Crippen MR) is 135 cm³/mol. The largest absolute Gasteiger partial charge is 0.465 e. The Hall–Kier alpha value is -2.43. The van der Waals surface area contributed by atoms with Crippen molar-refractivity contribution in [3.8, 4) is 0 Å². The molecular weight excluding hydrogens is 567 g/mol. The van der Waals surface area contributed by atoms with Crippen LogP contribution in [0.25, 0.3) is 0 Å². The van der Waals surface area contributed by atoms with Gasteiger partial charge in [0.05, 0.1) is 29.8 Å². The highest BCUT2D eigenvalue weighted by atomic mass is 79.9. The molecule has 11 heteroatoms. The highest BCUT2D eigenvalue weighted by molar-refractivity contribution is 9.10. The quantitative estimate of drug-likeness (QED) is 0.359. The van der Waals surface area contributed by atoms with Gasteiger partial charge in [-0.3, -0.25) is 4.79 Å². The van der Waals surface area contributed by atoms with E-state index < -0.39 is 28.4 Å². The average Bonchev–Trinajstić information content (AvgIpc) is 2.80. The van der Waals surface area contributed by atoms with Crippen LogP contribution in [0, 0.1) is 0 Å². The molecule has 0 fully saturated rings. The van der Waals surface area contributed by atoms with Gasteiger partial charge in [0, 0.05) is 21.1 Å². The second kappa shape index (κ2) is 11.3. The summed E-state index contributed by atoms with van der Waals surface area (Å²) in [6.07, 6.45) is 0. The first-order chi connectivity index (χ1) is 16.1. The molecule has 34 heavy (non-hydrogen) atoms. The molecule has 0 atom stereocenters. The summed E-state index contributed by atoms with van der Waals surface area (Å²) in [4.78, 5) is 24.9. The van der Waals surface area contributed by atoms with Crippen molar-refractivity contribution in [2.75, 3.05) is 19.0 Å². The minimum Gasteiger partial charge on any atom is -0.465 e. The molecule has 0 aliphatic rings. The van der Waals surface area contributed by atoms with E-state index in [1.54, 1.807) is 36.4 Å². The summed E-state index contributed by atoms with van der Waals surface area (Å²) in [5.41, 5.74) is 0.806. The number of ether oxygens (including phenoxy) is 1. The molecule has 0 bridgehead atoms. The maximum Gasteiger partial charge on any atom is 0.339 e. The van der Waals surface area contributed by atoms with Crippen LogP contribution in [0.3, 0.4) is 0 Å². The van der Waals surface area contributed by atoms with Gasteiger partial charge in [-0.2, -0.15) is 4.31 Å². The fourth-order valence-corrected chi connectivity index (χ4v) is 5.16. The summed E-state index contributed by atoms with van der Waals surface area (Å²) in [5, 5.41) is 3.25. The lowest BCUT2D eigenvalue weighted by Gasteiger charge is -2.23. The zero-order valence-corrected chi connectivity index (χ0v) is 21.7. The maximum absolute atomic E-state index is 13.4. The van der Waals surface area contributed by atoms with Gasteiger partial charge in [-0.1, -0.05) is 57.3 Å². The van der Waals surface area contributed by atoms with Gasteiger partial charge in [0.2, 0.25) is 15.9 Å². The molecule has 0 saturated heterocycles. The van der Waals surface area contributed by atoms with E-state index in [0.29, 0.717) is 15.1 Å². The van der Waals surface area contributed by atoms with Crippen molar-refractivity contribution in [2.24, 2.45) is 0 Å². The highest BCUT2D eigenvalue weighted by Gasteiger charge is 2.28. The number of esters is 1. The van der Waals surface area contributed by atoms with E-state index in [9.17, 15) is 18.0 Å². The Morgan fingerprint density at radius 3 is 2.35 bits per heavy atom. The van der Waals surface area contributed by atoms with Crippen molar-refractivity contribution in [1.82, 2.24) is 4.31 Å². The molecule has 3 aromatic carbocycles. The summed E-state index contributed by atoms with van der Waals surface area (Å²) < 4.78 is 33.3. The van der Waals surface area contributed by atoms with E-state index in [4.69, 9.17) is 27.9 Å². The van der Waals surface area contributed by atoms with Gasteiger partial charge in [-0.25, -0.2) is 13.2 Å². The molecule has 0 saturated carbocycles. The Morgan fingerprint density at radius 1 is 1.03 bits per heavy atom. The molecule has 178 valence electrons. The maximum atomic E-state index is 13.4. The average molecular weight is 586 g/mol. The SMILES string of the molecule is COC(=O)c1ccccc1NC(=O)CN(Cc1ccc(Cl)cc1Cl)S(=O)(=O)c1ccc(Br)cc1. The number of sulfonamides is 1. The predicted octanol–water partition coefficient (Wildman–Crippen LogP) is 5.37. The van der Waals surface area contributed by atoms with E-state index in [2.05, 4.69) is 21.2 Å². The first-order valence-corrected chi connectivity index (χ1v) is 12.8. The van der Waals surface area contributed by atoms with E-state index in [1.165, 1.54) is 37.4 Å². The van der Waals surface area contributed by atoms with Crippen molar-refractivity contribution in [1.29, 1.82) is 0 Å². The second-order valence-electron chi connectivity index (χ2n) is 7.05. The summed E-state index contributed by atoms with van der Waals surface area (Å²) in [7, 11) is -2.87. The number of carbonyl (C=O) groups is 2. The Kier molecular flexibility index (Phi) is 8.72. The van der Waals surface area contributed by atoms with Crippen LogP contribution >= 0.6 is 39.1 Å². The number of carbonyl (C=O) groups excluding carboxylic acids is 2. The van der Waals surface area contributed by atoms with Crippen molar-refractivity contribution in [3.63, 3.8) is 0 Å². The van der Waals surface area contributed by atoms with Crippen LogP contribution in [-0.4, -0.2) is 38.3 Å². The molecule has 0 aliphatic heterocycles. The topological polar surface area (TPSA) is 92.8 Å². The van der Waals surface area contributed by atoms with Crippen LogP contribution < -0.4 is 5.32 Å². The molecule has 0 aromatic heterocycles. The number of anilines is 1. The highest BCUT2D eigenvalue weighted by Crippen LogP contribution is 2.26. The number of hydrogen-bond donors (Lipinski definition) is 1. The lowest BCUT2D eigenvalue weighted by molar-refractivity contribution is -0.116. The van der Waals surface area contributed by atoms with Gasteiger partial charge in [-0.15, -0.1) is 0 Å². The van der Waals surface area contributed by atoms with Crippen LogP contribution in [0.4, 0.5) is 5.69 Å². The molecule has 0 radical (unpaired) electrons. The zero-order chi connectivity index (χ0) is 24.9. The summed E-state index contributed by atoms with van der Waals surface area (Å²) in [6, 6.07) is 17.0. The first-order valence-electron chi connectivity index (χ1n) is 9.78. The minimum atomic E-state index is -4.09. The summed E-state index contributed by atoms with van der Waals surface area (Å²) in [6.45, 7) is -0.715. The van der Waals surface area contributed by atoms with Gasteiger partial charge in [0.15, 0.2) is 0 Å². The van der Waals surface area contributed by atoms with Gasteiger partial charge in [0.1, 0.15) is 0 Å². The lowest BCUT2D eigenvalue weighted by atomic mass is 10.2. The van der Waals surface area contributed by atoms with Crippen molar-refractivity contribution in [2.45, 2.75) is 11.4 Å². The third-order valence-corrected chi connectivity index (χ3v) is 7.66. The van der Waals surface area contributed by atoms with E-state index >= 15 is 0 Å². The number of halogens is 3.